The SMILES string of the molecule is O=C1CCC(N2Cc3cc(O[C@@H]4CN(Cc5ccccc5)CC[C@H]4Nc4ccccc4)ccc3C2=O)C(=O)N1. The second-order valence-corrected chi connectivity index (χ2v) is 10.5. The van der Waals surface area contributed by atoms with Gasteiger partial charge in [-0.15, -0.1) is 0 Å². The molecule has 2 N–H and O–H groups in total. The number of ether oxygens (including phenoxy) is 1. The minimum Gasteiger partial charge on any atom is -0.487 e. The van der Waals surface area contributed by atoms with Crippen molar-refractivity contribution in [2.75, 3.05) is 18.4 Å². The number of carbonyl (C=O) groups excluding carboxylic acids is 3. The number of fused-ring (bicyclic) bond motifs is 1. The summed E-state index contributed by atoms with van der Waals surface area (Å²) in [4.78, 5) is 41.1. The molecule has 2 fully saturated rings. The second kappa shape index (κ2) is 10.9. The van der Waals surface area contributed by atoms with Crippen LogP contribution in [0.25, 0.3) is 0 Å². The number of likely N-dealkylation sites (tertiary alicyclic amines) is 1. The highest BCUT2D eigenvalue weighted by Gasteiger charge is 2.39. The maximum atomic E-state index is 13.1. The number of carbonyl (C=O) groups is 3. The van der Waals surface area contributed by atoms with Crippen molar-refractivity contribution < 1.29 is 19.1 Å². The van der Waals surface area contributed by atoms with Crippen LogP contribution >= 0.6 is 0 Å². The van der Waals surface area contributed by atoms with Crippen LogP contribution in [0.5, 0.6) is 5.75 Å². The molecule has 200 valence electrons. The van der Waals surface area contributed by atoms with Crippen molar-refractivity contribution in [2.24, 2.45) is 0 Å². The number of nitrogens with one attached hydrogen (secondary N) is 2. The highest BCUT2D eigenvalue weighted by atomic mass is 16.5. The Kier molecular flexibility index (Phi) is 7.02. The Morgan fingerprint density at radius 2 is 1.69 bits per heavy atom. The Balaban J connectivity index is 1.19. The van der Waals surface area contributed by atoms with Crippen molar-refractivity contribution in [1.29, 1.82) is 0 Å². The molecule has 0 radical (unpaired) electrons. The molecule has 0 aliphatic carbocycles. The van der Waals surface area contributed by atoms with Gasteiger partial charge in [-0.05, 0) is 54.3 Å². The van der Waals surface area contributed by atoms with Crippen molar-refractivity contribution in [2.45, 2.75) is 50.5 Å². The summed E-state index contributed by atoms with van der Waals surface area (Å²) < 4.78 is 6.63. The number of piperidine rings is 2. The summed E-state index contributed by atoms with van der Waals surface area (Å²) in [5.41, 5.74) is 3.76. The van der Waals surface area contributed by atoms with Gasteiger partial charge in [0.25, 0.3) is 5.91 Å². The topological polar surface area (TPSA) is 91.0 Å². The number of hydrogen-bond donors (Lipinski definition) is 2. The summed E-state index contributed by atoms with van der Waals surface area (Å²) in [5, 5.41) is 6.02. The minimum atomic E-state index is -0.628. The monoisotopic (exact) mass is 524 g/mol. The van der Waals surface area contributed by atoms with Gasteiger partial charge in [-0.25, -0.2) is 0 Å². The highest BCUT2D eigenvalue weighted by molar-refractivity contribution is 6.05. The first-order chi connectivity index (χ1) is 19.0. The first-order valence-electron chi connectivity index (χ1n) is 13.6. The molecule has 6 rings (SSSR count). The van der Waals surface area contributed by atoms with Crippen LogP contribution in [0.3, 0.4) is 0 Å². The molecule has 0 bridgehead atoms. The fourth-order valence-electron chi connectivity index (χ4n) is 5.80. The Hall–Kier alpha value is -4.17. The average Bonchev–Trinajstić information content (AvgIpc) is 3.26. The lowest BCUT2D eigenvalue weighted by Gasteiger charge is -2.39. The van der Waals surface area contributed by atoms with Crippen LogP contribution in [0.15, 0.2) is 78.9 Å². The molecule has 3 aromatic carbocycles. The highest BCUT2D eigenvalue weighted by Crippen LogP contribution is 2.31. The molecule has 0 saturated carbocycles. The molecular weight excluding hydrogens is 492 g/mol. The second-order valence-electron chi connectivity index (χ2n) is 10.5. The van der Waals surface area contributed by atoms with Gasteiger partial charge in [0.15, 0.2) is 0 Å². The molecular formula is C31H32N4O4. The summed E-state index contributed by atoms with van der Waals surface area (Å²) in [6.45, 7) is 2.91. The number of hydrogen-bond acceptors (Lipinski definition) is 6. The Labute approximate surface area is 227 Å². The number of nitrogens with zero attached hydrogens (tertiary/aromatic N) is 2. The van der Waals surface area contributed by atoms with Crippen LogP contribution in [0.4, 0.5) is 5.69 Å². The molecule has 0 spiro atoms. The summed E-state index contributed by atoms with van der Waals surface area (Å²) in [6.07, 6.45) is 1.41. The molecule has 2 saturated heterocycles. The van der Waals surface area contributed by atoms with Crippen LogP contribution in [0.1, 0.15) is 40.7 Å². The van der Waals surface area contributed by atoms with Crippen molar-refractivity contribution in [3.8, 4) is 5.75 Å². The van der Waals surface area contributed by atoms with Gasteiger partial charge in [0.2, 0.25) is 11.8 Å². The van der Waals surface area contributed by atoms with Gasteiger partial charge < -0.3 is 15.0 Å². The largest absolute Gasteiger partial charge is 0.487 e. The number of benzene rings is 3. The average molecular weight is 525 g/mol. The number of rotatable bonds is 7. The number of imide groups is 1. The Morgan fingerprint density at radius 3 is 2.46 bits per heavy atom. The van der Waals surface area contributed by atoms with E-state index in [0.717, 1.165) is 37.3 Å². The fraction of sp³-hybridized carbons (Fsp3) is 0.323. The van der Waals surface area contributed by atoms with Crippen LogP contribution < -0.4 is 15.4 Å². The molecule has 3 aliphatic heterocycles. The maximum absolute atomic E-state index is 13.1. The quantitative estimate of drug-likeness (QED) is 0.459. The van der Waals surface area contributed by atoms with Gasteiger partial charge in [-0.1, -0.05) is 48.5 Å². The van der Waals surface area contributed by atoms with Crippen LogP contribution in [0, 0.1) is 0 Å². The van der Waals surface area contributed by atoms with E-state index in [0.29, 0.717) is 24.3 Å². The predicted molar refractivity (Wildman–Crippen MR) is 147 cm³/mol. The van der Waals surface area contributed by atoms with E-state index in [4.69, 9.17) is 4.74 Å². The molecule has 3 amide bonds. The molecule has 0 aromatic heterocycles. The van der Waals surface area contributed by atoms with E-state index in [1.165, 1.54) is 5.56 Å². The minimum absolute atomic E-state index is 0.107. The van der Waals surface area contributed by atoms with Crippen molar-refractivity contribution in [1.82, 2.24) is 15.1 Å². The molecule has 3 aromatic rings. The molecule has 3 aliphatic rings. The van der Waals surface area contributed by atoms with Crippen molar-refractivity contribution in [3.63, 3.8) is 0 Å². The van der Waals surface area contributed by atoms with Gasteiger partial charge >= 0.3 is 0 Å². The predicted octanol–water partition coefficient (Wildman–Crippen LogP) is 3.58. The Bertz CT molecular complexity index is 1360. The van der Waals surface area contributed by atoms with Crippen molar-refractivity contribution in [3.05, 3.63) is 95.6 Å². The molecule has 1 unspecified atom stereocenters. The van der Waals surface area contributed by atoms with E-state index in [2.05, 4.69) is 51.9 Å². The van der Waals surface area contributed by atoms with E-state index in [1.54, 1.807) is 11.0 Å². The van der Waals surface area contributed by atoms with Gasteiger partial charge in [-0.2, -0.15) is 0 Å². The zero-order chi connectivity index (χ0) is 26.8. The third-order valence-electron chi connectivity index (χ3n) is 7.80. The maximum Gasteiger partial charge on any atom is 0.255 e. The molecule has 8 heteroatoms. The molecule has 8 nitrogen and oxygen atoms in total. The van der Waals surface area contributed by atoms with Crippen molar-refractivity contribution >= 4 is 23.4 Å². The van der Waals surface area contributed by atoms with Gasteiger partial charge in [0, 0.05) is 43.9 Å². The summed E-state index contributed by atoms with van der Waals surface area (Å²) in [5.74, 6) is -0.164. The van der Waals surface area contributed by atoms with E-state index in [-0.39, 0.29) is 30.4 Å². The first-order valence-corrected chi connectivity index (χ1v) is 13.6. The van der Waals surface area contributed by atoms with E-state index >= 15 is 0 Å². The Morgan fingerprint density at radius 1 is 0.923 bits per heavy atom. The van der Waals surface area contributed by atoms with E-state index < -0.39 is 11.9 Å². The third kappa shape index (κ3) is 5.52. The lowest BCUT2D eigenvalue weighted by Crippen LogP contribution is -2.52. The summed E-state index contributed by atoms with van der Waals surface area (Å²) >= 11 is 0. The lowest BCUT2D eigenvalue weighted by atomic mass is 10.00. The lowest BCUT2D eigenvalue weighted by molar-refractivity contribution is -0.136. The van der Waals surface area contributed by atoms with Crippen LogP contribution in [0.2, 0.25) is 0 Å². The van der Waals surface area contributed by atoms with Crippen LogP contribution in [-0.4, -0.2) is 58.8 Å². The number of amides is 3. The van der Waals surface area contributed by atoms with Gasteiger partial charge in [-0.3, -0.25) is 24.6 Å². The molecule has 3 heterocycles. The standard InChI is InChI=1S/C31H32N4O4/c36-29-14-13-27(30(37)33-29)35-19-22-17-24(11-12-25(22)31(35)38)39-28-20-34(18-21-7-3-1-4-8-21)16-15-26(28)32-23-9-5-2-6-10-23/h1-12,17,26-28,32H,13-16,18-20H2,(H,33,36,37)/t26-,27?,28-/m1/s1. The smallest absolute Gasteiger partial charge is 0.255 e. The normalized spacial score (nSPS) is 23.3. The molecule has 39 heavy (non-hydrogen) atoms. The third-order valence-corrected chi connectivity index (χ3v) is 7.80. The zero-order valence-corrected chi connectivity index (χ0v) is 21.7. The van der Waals surface area contributed by atoms with Gasteiger partial charge in [0.1, 0.15) is 17.9 Å². The zero-order valence-electron chi connectivity index (χ0n) is 21.7. The van der Waals surface area contributed by atoms with E-state index in [1.807, 2.05) is 36.4 Å². The fourth-order valence-corrected chi connectivity index (χ4v) is 5.80. The molecule has 3 atom stereocenters. The van der Waals surface area contributed by atoms with E-state index in [9.17, 15) is 14.4 Å². The van der Waals surface area contributed by atoms with Gasteiger partial charge in [0.05, 0.1) is 6.04 Å². The van der Waals surface area contributed by atoms with Crippen LogP contribution in [-0.2, 0) is 22.7 Å². The summed E-state index contributed by atoms with van der Waals surface area (Å²) in [6, 6.07) is 25.7. The number of para-hydroxylation sites is 1. The first kappa shape index (κ1) is 25.1. The summed E-state index contributed by atoms with van der Waals surface area (Å²) in [7, 11) is 0. The number of anilines is 1.